The van der Waals surface area contributed by atoms with Gasteiger partial charge in [-0.05, 0) is 56.2 Å². The Morgan fingerprint density at radius 2 is 1.75 bits per heavy atom. The van der Waals surface area contributed by atoms with Gasteiger partial charge in [0.25, 0.3) is 5.91 Å². The van der Waals surface area contributed by atoms with E-state index in [4.69, 9.17) is 8.83 Å². The van der Waals surface area contributed by atoms with Gasteiger partial charge < -0.3 is 23.6 Å². The third-order valence-corrected chi connectivity index (χ3v) is 6.85. The lowest BCUT2D eigenvalue weighted by Gasteiger charge is -2.44. The predicted octanol–water partition coefficient (Wildman–Crippen LogP) is 4.59. The average Bonchev–Trinajstić information content (AvgIpc) is 3.52. The zero-order chi connectivity index (χ0) is 22.1. The van der Waals surface area contributed by atoms with Crippen LogP contribution >= 0.6 is 0 Å². The fourth-order valence-corrected chi connectivity index (χ4v) is 4.98. The van der Waals surface area contributed by atoms with Gasteiger partial charge in [0.2, 0.25) is 5.91 Å². The summed E-state index contributed by atoms with van der Waals surface area (Å²) in [7, 11) is 0. The van der Waals surface area contributed by atoms with Crippen molar-refractivity contribution in [1.29, 1.82) is 0 Å². The number of rotatable bonds is 5. The molecule has 7 heteroatoms. The maximum atomic E-state index is 13.7. The molecular formula is C25H29N3O4. The minimum absolute atomic E-state index is 0.117. The zero-order valence-corrected chi connectivity index (χ0v) is 18.4. The van der Waals surface area contributed by atoms with E-state index in [1.807, 2.05) is 35.8 Å². The summed E-state index contributed by atoms with van der Waals surface area (Å²) in [4.78, 5) is 29.0. The topological polar surface area (TPSA) is 80.6 Å². The van der Waals surface area contributed by atoms with E-state index in [2.05, 4.69) is 5.32 Å². The molecule has 5 rings (SSSR count). The quantitative estimate of drug-likeness (QED) is 0.594. The highest BCUT2D eigenvalue weighted by atomic mass is 16.3. The molecule has 168 valence electrons. The van der Waals surface area contributed by atoms with Gasteiger partial charge in [0.1, 0.15) is 22.8 Å². The highest BCUT2D eigenvalue weighted by Gasteiger charge is 2.48. The summed E-state index contributed by atoms with van der Waals surface area (Å²) in [5.41, 5.74) is 0.274. The van der Waals surface area contributed by atoms with Gasteiger partial charge in [-0.25, -0.2) is 0 Å². The van der Waals surface area contributed by atoms with Crippen LogP contribution in [0.25, 0.3) is 11.5 Å². The second-order valence-electron chi connectivity index (χ2n) is 9.07. The molecule has 32 heavy (non-hydrogen) atoms. The van der Waals surface area contributed by atoms with Crippen LogP contribution in [0.1, 0.15) is 61.7 Å². The Kier molecular flexibility index (Phi) is 5.41. The van der Waals surface area contributed by atoms with Crippen LogP contribution in [0.5, 0.6) is 0 Å². The fraction of sp³-hybridized carbons (Fsp3) is 0.440. The molecule has 0 saturated heterocycles. The molecule has 0 unspecified atom stereocenters. The van der Waals surface area contributed by atoms with Gasteiger partial charge in [0.05, 0.1) is 31.3 Å². The van der Waals surface area contributed by atoms with E-state index >= 15 is 0 Å². The highest BCUT2D eigenvalue weighted by molar-refractivity contribution is 6.00. The van der Waals surface area contributed by atoms with Crippen molar-refractivity contribution in [2.45, 2.75) is 70.1 Å². The molecule has 2 amide bonds. The molecule has 1 aliphatic heterocycles. The second-order valence-corrected chi connectivity index (χ2v) is 9.07. The summed E-state index contributed by atoms with van der Waals surface area (Å²) in [6.45, 7) is 2.44. The maximum Gasteiger partial charge on any atom is 0.271 e. The Balaban J connectivity index is 1.51. The number of fused-ring (bicyclic) bond motifs is 1. The normalized spacial score (nSPS) is 21.9. The van der Waals surface area contributed by atoms with Gasteiger partial charge in [-0.15, -0.1) is 0 Å². The van der Waals surface area contributed by atoms with Crippen molar-refractivity contribution in [2.75, 3.05) is 0 Å². The summed E-state index contributed by atoms with van der Waals surface area (Å²) in [6.07, 6.45) is 9.85. The fourth-order valence-electron chi connectivity index (χ4n) is 4.98. The van der Waals surface area contributed by atoms with Crippen molar-refractivity contribution >= 4 is 11.8 Å². The smallest absolute Gasteiger partial charge is 0.271 e. The lowest BCUT2D eigenvalue weighted by Crippen LogP contribution is -2.64. The third-order valence-electron chi connectivity index (χ3n) is 6.85. The van der Waals surface area contributed by atoms with Crippen LogP contribution in [0, 0.1) is 0 Å². The molecule has 0 aromatic carbocycles. The van der Waals surface area contributed by atoms with Crippen LogP contribution in [-0.2, 0) is 17.9 Å². The minimum atomic E-state index is -1.07. The maximum absolute atomic E-state index is 13.7. The van der Waals surface area contributed by atoms with E-state index in [9.17, 15) is 9.59 Å². The zero-order valence-electron chi connectivity index (χ0n) is 18.4. The first-order valence-corrected chi connectivity index (χ1v) is 11.4. The first kappa shape index (κ1) is 20.7. The van der Waals surface area contributed by atoms with Gasteiger partial charge in [0.15, 0.2) is 0 Å². The molecule has 1 saturated carbocycles. The lowest BCUT2D eigenvalue weighted by molar-refractivity contribution is -0.134. The molecule has 0 radical (unpaired) electrons. The van der Waals surface area contributed by atoms with Crippen LogP contribution in [-0.4, -0.2) is 32.9 Å². The largest absolute Gasteiger partial charge is 0.467 e. The Bertz CT molecular complexity index is 1070. The molecule has 7 nitrogen and oxygen atoms in total. The van der Waals surface area contributed by atoms with Crippen LogP contribution in [0.2, 0.25) is 0 Å². The van der Waals surface area contributed by atoms with Crippen molar-refractivity contribution in [3.05, 3.63) is 60.4 Å². The molecule has 0 spiro atoms. The summed E-state index contributed by atoms with van der Waals surface area (Å²) < 4.78 is 13.0. The van der Waals surface area contributed by atoms with Gasteiger partial charge >= 0.3 is 0 Å². The van der Waals surface area contributed by atoms with Crippen LogP contribution in [0.3, 0.4) is 0 Å². The van der Waals surface area contributed by atoms with E-state index in [1.54, 1.807) is 29.6 Å². The summed E-state index contributed by atoms with van der Waals surface area (Å²) >= 11 is 0. The van der Waals surface area contributed by atoms with E-state index in [-0.39, 0.29) is 24.4 Å². The first-order valence-electron chi connectivity index (χ1n) is 11.4. The number of carbonyl (C=O) groups excluding carboxylic acids is 2. The van der Waals surface area contributed by atoms with Crippen LogP contribution in [0.4, 0.5) is 0 Å². The van der Waals surface area contributed by atoms with Crippen molar-refractivity contribution in [2.24, 2.45) is 0 Å². The molecule has 3 aromatic rings. The Morgan fingerprint density at radius 3 is 2.44 bits per heavy atom. The molecule has 3 aromatic heterocycles. The third kappa shape index (κ3) is 3.66. The highest BCUT2D eigenvalue weighted by Crippen LogP contribution is 2.34. The molecular weight excluding hydrogens is 406 g/mol. The van der Waals surface area contributed by atoms with Gasteiger partial charge in [0, 0.05) is 6.04 Å². The monoisotopic (exact) mass is 435 g/mol. The molecule has 2 aliphatic rings. The molecule has 1 aliphatic carbocycles. The van der Waals surface area contributed by atoms with E-state index < -0.39 is 5.54 Å². The van der Waals surface area contributed by atoms with Crippen molar-refractivity contribution in [1.82, 2.24) is 14.8 Å². The van der Waals surface area contributed by atoms with E-state index in [0.29, 0.717) is 23.8 Å². The Morgan fingerprint density at radius 1 is 1.03 bits per heavy atom. The number of amides is 2. The minimum Gasteiger partial charge on any atom is -0.467 e. The molecule has 4 heterocycles. The number of furan rings is 2. The second kappa shape index (κ2) is 8.37. The lowest BCUT2D eigenvalue weighted by atomic mass is 9.93. The predicted molar refractivity (Wildman–Crippen MR) is 119 cm³/mol. The van der Waals surface area contributed by atoms with Gasteiger partial charge in [-0.1, -0.05) is 25.7 Å². The number of hydrogen-bond donors (Lipinski definition) is 1. The molecule has 1 atom stereocenters. The van der Waals surface area contributed by atoms with E-state index in [0.717, 1.165) is 31.4 Å². The number of carbonyl (C=O) groups is 2. The Labute approximate surface area is 187 Å². The van der Waals surface area contributed by atoms with Crippen LogP contribution < -0.4 is 5.32 Å². The number of nitrogens with zero attached hydrogens (tertiary/aromatic N) is 2. The summed E-state index contributed by atoms with van der Waals surface area (Å²) in [5.74, 6) is 1.02. The summed E-state index contributed by atoms with van der Waals surface area (Å²) in [5, 5.41) is 3.28. The summed E-state index contributed by atoms with van der Waals surface area (Å²) in [6, 6.07) is 11.2. The molecule has 0 bridgehead atoms. The van der Waals surface area contributed by atoms with Gasteiger partial charge in [-0.2, -0.15) is 0 Å². The van der Waals surface area contributed by atoms with Gasteiger partial charge in [-0.3, -0.25) is 9.59 Å². The van der Waals surface area contributed by atoms with E-state index in [1.165, 1.54) is 12.8 Å². The van der Waals surface area contributed by atoms with Crippen molar-refractivity contribution in [3.63, 3.8) is 0 Å². The number of hydrogen-bond acceptors (Lipinski definition) is 4. The average molecular weight is 436 g/mol. The first-order chi connectivity index (χ1) is 15.6. The standard InChI is InChI=1S/C25H29N3O4/c1-25(24(30)26-18-8-4-2-3-5-9-18)17-27-20(22-11-7-15-32-22)12-13-21(27)23(29)28(25)16-19-10-6-14-31-19/h6-7,10-15,18H,2-5,8-9,16-17H2,1H3,(H,26,30)/t25-/m0/s1. The molecule has 1 N–H and O–H groups in total. The van der Waals surface area contributed by atoms with Crippen LogP contribution in [0.15, 0.2) is 57.8 Å². The SMILES string of the molecule is C[C@@]1(C(=O)NC2CCCCCC2)Cn2c(ccc2-c2ccco2)C(=O)N1Cc1ccco1. The Hall–Kier alpha value is -3.22. The number of aromatic nitrogens is 1. The molecule has 1 fully saturated rings. The number of nitrogens with one attached hydrogen (secondary N) is 1. The van der Waals surface area contributed by atoms with Crippen molar-refractivity contribution in [3.8, 4) is 11.5 Å². The van der Waals surface area contributed by atoms with Crippen molar-refractivity contribution < 1.29 is 18.4 Å².